The van der Waals surface area contributed by atoms with E-state index in [9.17, 15) is 0 Å². The van der Waals surface area contributed by atoms with E-state index in [1.165, 1.54) is 20.5 Å². The lowest BCUT2D eigenvalue weighted by Gasteiger charge is -1.93. The van der Waals surface area contributed by atoms with Crippen molar-refractivity contribution < 1.29 is 0 Å². The van der Waals surface area contributed by atoms with Crippen LogP contribution in [0, 0.1) is 0 Å². The molecule has 4 aromatic rings. The molecule has 0 saturated carbocycles. The second-order valence-electron chi connectivity index (χ2n) is 3.96. The molecule has 6 nitrogen and oxygen atoms in total. The summed E-state index contributed by atoms with van der Waals surface area (Å²) < 4.78 is 3.03. The molecule has 0 aliphatic rings. The molecule has 2 aromatic carbocycles. The van der Waals surface area contributed by atoms with Crippen LogP contribution < -0.4 is 0 Å². The summed E-state index contributed by atoms with van der Waals surface area (Å²) in [5.74, 6) is 0. The first kappa shape index (κ1) is 10.5. The van der Waals surface area contributed by atoms with Crippen molar-refractivity contribution in [2.24, 2.45) is 0 Å². The number of aromatic nitrogens is 6. The number of hydrogen-bond donors (Lipinski definition) is 0. The molecule has 7 heteroatoms. The van der Waals surface area contributed by atoms with Gasteiger partial charge in [-0.05, 0) is 24.3 Å². The molecule has 4 rings (SSSR count). The van der Waals surface area contributed by atoms with Crippen LogP contribution in [0.3, 0.4) is 0 Å². The molecular formula is C12H8N6S. The van der Waals surface area contributed by atoms with Gasteiger partial charge in [0.25, 0.3) is 0 Å². The minimum absolute atomic E-state index is 0.853. The first-order chi connectivity index (χ1) is 9.38. The molecule has 0 atom stereocenters. The van der Waals surface area contributed by atoms with Crippen LogP contribution in [-0.2, 0) is 0 Å². The predicted octanol–water partition coefficient (Wildman–Crippen LogP) is 2.14. The first-order valence-electron chi connectivity index (χ1n) is 5.71. The van der Waals surface area contributed by atoms with Crippen molar-refractivity contribution in [3.63, 3.8) is 0 Å². The van der Waals surface area contributed by atoms with Crippen LogP contribution in [0.4, 0.5) is 0 Å². The zero-order valence-electron chi connectivity index (χ0n) is 9.71. The molecule has 0 N–H and O–H groups in total. The third-order valence-corrected chi connectivity index (χ3v) is 3.30. The Kier molecular flexibility index (Phi) is 2.25. The zero-order valence-corrected chi connectivity index (χ0v) is 10.5. The van der Waals surface area contributed by atoms with Crippen LogP contribution in [0.2, 0.25) is 0 Å². The SMILES string of the molecule is c1ccc2nn(Sn3nc4ccccc4n3)nc2c1. The molecule has 92 valence electrons. The van der Waals surface area contributed by atoms with Gasteiger partial charge in [-0.3, -0.25) is 0 Å². The van der Waals surface area contributed by atoms with E-state index in [-0.39, 0.29) is 0 Å². The third-order valence-electron chi connectivity index (χ3n) is 2.68. The molecule has 0 unspecified atom stereocenters. The second-order valence-corrected chi connectivity index (χ2v) is 4.78. The number of nitrogens with zero attached hydrogens (tertiary/aromatic N) is 6. The predicted molar refractivity (Wildman–Crippen MR) is 73.4 cm³/mol. The Balaban J connectivity index is 1.73. The molecular weight excluding hydrogens is 260 g/mol. The van der Waals surface area contributed by atoms with Gasteiger partial charge in [0.15, 0.2) is 12.1 Å². The summed E-state index contributed by atoms with van der Waals surface area (Å²) in [7, 11) is 0. The van der Waals surface area contributed by atoms with Crippen molar-refractivity contribution in [2.75, 3.05) is 0 Å². The van der Waals surface area contributed by atoms with Gasteiger partial charge in [-0.25, -0.2) is 0 Å². The van der Waals surface area contributed by atoms with Gasteiger partial charge in [0, 0.05) is 0 Å². The average Bonchev–Trinajstić information content (AvgIpc) is 3.00. The Bertz CT molecular complexity index is 727. The maximum atomic E-state index is 4.35. The second kappa shape index (κ2) is 4.06. The van der Waals surface area contributed by atoms with Crippen molar-refractivity contribution in [1.82, 2.24) is 28.8 Å². The van der Waals surface area contributed by atoms with E-state index in [1.54, 1.807) is 0 Å². The smallest absolute Gasteiger partial charge is 0.140 e. The lowest BCUT2D eigenvalue weighted by molar-refractivity contribution is 0.817. The third kappa shape index (κ3) is 1.84. The lowest BCUT2D eigenvalue weighted by Crippen LogP contribution is -2.00. The van der Waals surface area contributed by atoms with Crippen molar-refractivity contribution in [1.29, 1.82) is 0 Å². The van der Waals surface area contributed by atoms with Crippen LogP contribution in [-0.4, -0.2) is 28.8 Å². The molecule has 19 heavy (non-hydrogen) atoms. The number of fused-ring (bicyclic) bond motifs is 2. The molecule has 0 saturated heterocycles. The van der Waals surface area contributed by atoms with Crippen LogP contribution >= 0.6 is 12.1 Å². The molecule has 0 aliphatic heterocycles. The highest BCUT2D eigenvalue weighted by atomic mass is 32.2. The highest BCUT2D eigenvalue weighted by Gasteiger charge is 2.06. The van der Waals surface area contributed by atoms with E-state index in [0.717, 1.165) is 22.1 Å². The fraction of sp³-hybridized carbons (Fsp3) is 0. The molecule has 2 heterocycles. The Hall–Kier alpha value is -2.41. The average molecular weight is 268 g/mol. The maximum Gasteiger partial charge on any atom is 0.158 e. The topological polar surface area (TPSA) is 61.4 Å². The summed E-state index contributed by atoms with van der Waals surface area (Å²) in [6, 6.07) is 15.4. The monoisotopic (exact) mass is 268 g/mol. The van der Waals surface area contributed by atoms with Gasteiger partial charge in [-0.1, -0.05) is 32.7 Å². The van der Waals surface area contributed by atoms with Crippen molar-refractivity contribution in [3.8, 4) is 0 Å². The largest absolute Gasteiger partial charge is 0.158 e. The molecule has 0 radical (unpaired) electrons. The van der Waals surface area contributed by atoms with Crippen LogP contribution in [0.25, 0.3) is 22.1 Å². The van der Waals surface area contributed by atoms with Gasteiger partial charge in [-0.15, -0.1) is 20.4 Å². The summed E-state index contributed by atoms with van der Waals surface area (Å²) >= 11 is 1.23. The highest BCUT2D eigenvalue weighted by molar-refractivity contribution is 7.95. The minimum atomic E-state index is 0.853. The van der Waals surface area contributed by atoms with Gasteiger partial charge in [-0.2, -0.15) is 0 Å². The quantitative estimate of drug-likeness (QED) is 0.557. The highest BCUT2D eigenvalue weighted by Crippen LogP contribution is 2.14. The molecule has 0 bridgehead atoms. The van der Waals surface area contributed by atoms with E-state index in [1.807, 2.05) is 48.5 Å². The van der Waals surface area contributed by atoms with Gasteiger partial charge in [0.1, 0.15) is 22.1 Å². The number of benzene rings is 2. The zero-order chi connectivity index (χ0) is 12.7. The number of rotatable bonds is 2. The summed E-state index contributed by atoms with van der Waals surface area (Å²) in [5.41, 5.74) is 3.41. The van der Waals surface area contributed by atoms with Crippen molar-refractivity contribution >= 4 is 34.2 Å². The van der Waals surface area contributed by atoms with E-state index < -0.39 is 0 Å². The summed E-state index contributed by atoms with van der Waals surface area (Å²) in [5, 5.41) is 17.4. The molecule has 0 amide bonds. The maximum absolute atomic E-state index is 4.35. The molecule has 0 fully saturated rings. The van der Waals surface area contributed by atoms with E-state index in [0.29, 0.717) is 0 Å². The first-order valence-corrected chi connectivity index (χ1v) is 6.44. The Morgan fingerprint density at radius 2 is 0.895 bits per heavy atom. The summed E-state index contributed by atoms with van der Waals surface area (Å²) in [4.78, 5) is 0. The van der Waals surface area contributed by atoms with Crippen LogP contribution in [0.1, 0.15) is 0 Å². The summed E-state index contributed by atoms with van der Waals surface area (Å²) in [6.45, 7) is 0. The Morgan fingerprint density at radius 3 is 1.21 bits per heavy atom. The van der Waals surface area contributed by atoms with Crippen molar-refractivity contribution in [3.05, 3.63) is 48.5 Å². The van der Waals surface area contributed by atoms with Crippen LogP contribution in [0.15, 0.2) is 48.5 Å². The molecule has 0 aliphatic carbocycles. The van der Waals surface area contributed by atoms with Crippen molar-refractivity contribution in [2.45, 2.75) is 0 Å². The van der Waals surface area contributed by atoms with Gasteiger partial charge >= 0.3 is 0 Å². The van der Waals surface area contributed by atoms with Gasteiger partial charge in [0.2, 0.25) is 0 Å². The van der Waals surface area contributed by atoms with E-state index in [2.05, 4.69) is 20.4 Å². The van der Waals surface area contributed by atoms with Gasteiger partial charge in [0.05, 0.1) is 0 Å². The number of hydrogen-bond acceptors (Lipinski definition) is 5. The van der Waals surface area contributed by atoms with Gasteiger partial charge < -0.3 is 0 Å². The lowest BCUT2D eigenvalue weighted by atomic mass is 10.3. The minimum Gasteiger partial charge on any atom is -0.140 e. The normalized spacial score (nSPS) is 11.4. The van der Waals surface area contributed by atoms with E-state index >= 15 is 0 Å². The van der Waals surface area contributed by atoms with E-state index in [4.69, 9.17) is 0 Å². The fourth-order valence-corrected chi connectivity index (χ4v) is 2.45. The molecule has 2 aromatic heterocycles. The Labute approximate surface area is 112 Å². The summed E-state index contributed by atoms with van der Waals surface area (Å²) in [6.07, 6.45) is 0. The standard InChI is InChI=1S/C12H8N6S/c1-2-6-10-9(5-1)13-17(14-10)19-18-15-11-7-3-4-8-12(11)16-18/h1-8H. The Morgan fingerprint density at radius 1 is 0.579 bits per heavy atom. The van der Waals surface area contributed by atoms with Crippen LogP contribution in [0.5, 0.6) is 0 Å². The fourth-order valence-electron chi connectivity index (χ4n) is 1.82. The molecule has 0 spiro atoms.